The van der Waals surface area contributed by atoms with E-state index in [4.69, 9.17) is 5.11 Å². The van der Waals surface area contributed by atoms with Crippen molar-refractivity contribution in [3.63, 3.8) is 0 Å². The van der Waals surface area contributed by atoms with Crippen molar-refractivity contribution in [3.05, 3.63) is 58.7 Å². The average molecular weight is 369 g/mol. The van der Waals surface area contributed by atoms with Gasteiger partial charge >= 0.3 is 11.9 Å². The summed E-state index contributed by atoms with van der Waals surface area (Å²) in [4.78, 5) is 45.1. The lowest BCUT2D eigenvalue weighted by molar-refractivity contribution is 0.0674. The fourth-order valence-corrected chi connectivity index (χ4v) is 3.29. The highest BCUT2D eigenvalue weighted by molar-refractivity contribution is 5.97. The third-order valence-corrected chi connectivity index (χ3v) is 4.69. The maximum atomic E-state index is 12.7. The topological polar surface area (TPSA) is 121 Å². The zero-order chi connectivity index (χ0) is 19.6. The van der Waals surface area contributed by atoms with E-state index in [1.165, 1.54) is 18.3 Å². The Morgan fingerprint density at radius 1 is 1.07 bits per heavy atom. The van der Waals surface area contributed by atoms with Crippen molar-refractivity contribution in [1.82, 2.24) is 14.9 Å². The molecule has 1 aromatic heterocycles. The van der Waals surface area contributed by atoms with Gasteiger partial charge in [0, 0.05) is 30.8 Å². The summed E-state index contributed by atoms with van der Waals surface area (Å²) >= 11 is 0. The molecular weight excluding hydrogens is 350 g/mol. The third kappa shape index (κ3) is 3.94. The minimum absolute atomic E-state index is 0.0628. The summed E-state index contributed by atoms with van der Waals surface area (Å²) in [6.07, 6.45) is 2.50. The highest BCUT2D eigenvalue weighted by Crippen LogP contribution is 2.29. The summed E-state index contributed by atoms with van der Waals surface area (Å²) in [5, 5.41) is 18.4. The Hall–Kier alpha value is -3.29. The van der Waals surface area contributed by atoms with Crippen LogP contribution in [0.3, 0.4) is 0 Å². The van der Waals surface area contributed by atoms with E-state index in [0.29, 0.717) is 43.0 Å². The number of hydrogen-bond acceptors (Lipinski definition) is 5. The number of carbonyl (C=O) groups is 3. The largest absolute Gasteiger partial charge is 0.478 e. The minimum Gasteiger partial charge on any atom is -0.478 e. The van der Waals surface area contributed by atoms with E-state index >= 15 is 0 Å². The highest BCUT2D eigenvalue weighted by atomic mass is 16.4. The molecule has 1 amide bonds. The van der Waals surface area contributed by atoms with Crippen LogP contribution in [0.25, 0.3) is 0 Å². The van der Waals surface area contributed by atoms with E-state index < -0.39 is 11.9 Å². The summed E-state index contributed by atoms with van der Waals surface area (Å²) in [5.41, 5.74) is 1.00. The summed E-state index contributed by atoms with van der Waals surface area (Å²) in [6, 6.07) is 5.95. The van der Waals surface area contributed by atoms with Crippen LogP contribution in [-0.2, 0) is 0 Å². The standard InChI is InChI=1S/C19H19N3O5/c1-11-20-10-15(19(26)27)16(21-11)12-5-7-22(8-6-12)17(23)13-3-2-4-14(9-13)18(24)25/h2-4,9-10,12H,5-8H2,1H3,(H,24,25)(H,26,27). The molecule has 8 nitrogen and oxygen atoms in total. The molecule has 2 aromatic rings. The number of nitrogens with zero attached hydrogens (tertiary/aromatic N) is 3. The molecule has 0 spiro atoms. The lowest BCUT2D eigenvalue weighted by atomic mass is 9.90. The number of hydrogen-bond donors (Lipinski definition) is 2. The maximum Gasteiger partial charge on any atom is 0.339 e. The summed E-state index contributed by atoms with van der Waals surface area (Å²) in [6.45, 7) is 2.61. The predicted molar refractivity (Wildman–Crippen MR) is 95.0 cm³/mol. The van der Waals surface area contributed by atoms with Gasteiger partial charge in [-0.25, -0.2) is 19.6 Å². The van der Waals surface area contributed by atoms with Crippen molar-refractivity contribution in [2.75, 3.05) is 13.1 Å². The second kappa shape index (κ2) is 7.53. The molecule has 0 atom stereocenters. The second-order valence-corrected chi connectivity index (χ2v) is 6.47. The summed E-state index contributed by atoms with van der Waals surface area (Å²) in [7, 11) is 0. The summed E-state index contributed by atoms with van der Waals surface area (Å²) < 4.78 is 0. The molecule has 1 saturated heterocycles. The van der Waals surface area contributed by atoms with Gasteiger partial charge in [0.1, 0.15) is 5.82 Å². The van der Waals surface area contributed by atoms with Crippen molar-refractivity contribution in [2.24, 2.45) is 0 Å². The monoisotopic (exact) mass is 369 g/mol. The van der Waals surface area contributed by atoms with Crippen molar-refractivity contribution in [3.8, 4) is 0 Å². The number of aryl methyl sites for hydroxylation is 1. The second-order valence-electron chi connectivity index (χ2n) is 6.47. The van der Waals surface area contributed by atoms with Crippen molar-refractivity contribution in [1.29, 1.82) is 0 Å². The SMILES string of the molecule is Cc1ncc(C(=O)O)c(C2CCN(C(=O)c3cccc(C(=O)O)c3)CC2)n1. The van der Waals surface area contributed by atoms with Crippen molar-refractivity contribution in [2.45, 2.75) is 25.7 Å². The maximum absolute atomic E-state index is 12.7. The number of aromatic carboxylic acids is 2. The van der Waals surface area contributed by atoms with Crippen LogP contribution in [0.15, 0.2) is 30.5 Å². The predicted octanol–water partition coefficient (Wildman–Crippen LogP) is 2.20. The molecule has 8 heteroatoms. The molecule has 0 unspecified atom stereocenters. The first-order chi connectivity index (χ1) is 12.9. The Kier molecular flexibility index (Phi) is 5.16. The van der Waals surface area contributed by atoms with E-state index in [-0.39, 0.29) is 23.0 Å². The fraction of sp³-hybridized carbons (Fsp3) is 0.316. The molecule has 1 aromatic carbocycles. The quantitative estimate of drug-likeness (QED) is 0.847. The van der Waals surface area contributed by atoms with Gasteiger partial charge in [-0.1, -0.05) is 6.07 Å². The average Bonchev–Trinajstić information content (AvgIpc) is 2.67. The number of rotatable bonds is 4. The number of carbonyl (C=O) groups excluding carboxylic acids is 1. The van der Waals surface area contributed by atoms with Gasteiger partial charge in [0.2, 0.25) is 0 Å². The molecular formula is C19H19N3O5. The zero-order valence-electron chi connectivity index (χ0n) is 14.8. The number of piperidine rings is 1. The Labute approximate surface area is 155 Å². The third-order valence-electron chi connectivity index (χ3n) is 4.69. The van der Waals surface area contributed by atoms with Gasteiger partial charge in [-0.2, -0.15) is 0 Å². The van der Waals surface area contributed by atoms with Gasteiger partial charge in [0.25, 0.3) is 5.91 Å². The first-order valence-electron chi connectivity index (χ1n) is 8.56. The van der Waals surface area contributed by atoms with Crippen molar-refractivity contribution >= 4 is 17.8 Å². The summed E-state index contributed by atoms with van der Waals surface area (Å²) in [5.74, 6) is -1.92. The number of benzene rings is 1. The van der Waals surface area contributed by atoms with Crippen LogP contribution in [0, 0.1) is 6.92 Å². The lowest BCUT2D eigenvalue weighted by Crippen LogP contribution is -2.38. The number of carboxylic acids is 2. The van der Waals surface area contributed by atoms with Gasteiger partial charge in [0.05, 0.1) is 16.8 Å². The van der Waals surface area contributed by atoms with E-state index in [2.05, 4.69) is 9.97 Å². The molecule has 1 aliphatic rings. The van der Waals surface area contributed by atoms with Gasteiger partial charge in [-0.05, 0) is 38.0 Å². The van der Waals surface area contributed by atoms with E-state index in [1.54, 1.807) is 24.0 Å². The van der Waals surface area contributed by atoms with Gasteiger partial charge < -0.3 is 15.1 Å². The van der Waals surface area contributed by atoms with Gasteiger partial charge in [0.15, 0.2) is 0 Å². The fourth-order valence-electron chi connectivity index (χ4n) is 3.29. The van der Waals surface area contributed by atoms with Crippen LogP contribution < -0.4 is 0 Å². The molecule has 3 rings (SSSR count). The molecule has 1 aliphatic heterocycles. The van der Waals surface area contributed by atoms with Crippen LogP contribution >= 0.6 is 0 Å². The Morgan fingerprint density at radius 3 is 2.37 bits per heavy atom. The van der Waals surface area contributed by atoms with Crippen LogP contribution in [0.4, 0.5) is 0 Å². The van der Waals surface area contributed by atoms with E-state index in [1.807, 2.05) is 0 Å². The number of aromatic nitrogens is 2. The number of amides is 1. The molecule has 0 bridgehead atoms. The normalized spacial score (nSPS) is 14.8. The van der Waals surface area contributed by atoms with Crippen LogP contribution in [0.5, 0.6) is 0 Å². The highest BCUT2D eigenvalue weighted by Gasteiger charge is 2.28. The van der Waals surface area contributed by atoms with Crippen LogP contribution in [0.1, 0.15) is 61.4 Å². The van der Waals surface area contributed by atoms with Crippen LogP contribution in [0.2, 0.25) is 0 Å². The Morgan fingerprint density at radius 2 is 1.74 bits per heavy atom. The lowest BCUT2D eigenvalue weighted by Gasteiger charge is -2.32. The number of carboxylic acid groups (broad SMARTS) is 2. The molecule has 27 heavy (non-hydrogen) atoms. The zero-order valence-corrected chi connectivity index (χ0v) is 14.8. The number of likely N-dealkylation sites (tertiary alicyclic amines) is 1. The Bertz CT molecular complexity index is 904. The first kappa shape index (κ1) is 18.5. The van der Waals surface area contributed by atoms with Crippen molar-refractivity contribution < 1.29 is 24.6 Å². The minimum atomic E-state index is -1.08. The van der Waals surface area contributed by atoms with E-state index in [0.717, 1.165) is 0 Å². The van der Waals surface area contributed by atoms with Gasteiger partial charge in [-0.3, -0.25) is 4.79 Å². The molecule has 2 N–H and O–H groups in total. The molecule has 0 aliphatic carbocycles. The van der Waals surface area contributed by atoms with E-state index in [9.17, 15) is 19.5 Å². The van der Waals surface area contributed by atoms with Crippen LogP contribution in [-0.4, -0.2) is 56.0 Å². The smallest absolute Gasteiger partial charge is 0.339 e. The van der Waals surface area contributed by atoms with Gasteiger partial charge in [-0.15, -0.1) is 0 Å². The molecule has 1 fully saturated rings. The molecule has 0 saturated carbocycles. The first-order valence-corrected chi connectivity index (χ1v) is 8.56. The molecule has 2 heterocycles. The Balaban J connectivity index is 1.73. The molecule has 0 radical (unpaired) electrons. The molecule has 140 valence electrons.